The summed E-state index contributed by atoms with van der Waals surface area (Å²) in [5.41, 5.74) is 0. The second-order valence-electron chi connectivity index (χ2n) is 3.54. The largest absolute Gasteiger partial charge is 0.294 e. The number of rotatable bonds is 1. The van der Waals surface area contributed by atoms with Gasteiger partial charge in [-0.1, -0.05) is 13.8 Å². The zero-order valence-corrected chi connectivity index (χ0v) is 7.89. The van der Waals surface area contributed by atoms with Crippen molar-refractivity contribution < 1.29 is 9.59 Å². The van der Waals surface area contributed by atoms with Gasteiger partial charge in [-0.25, -0.2) is 0 Å². The summed E-state index contributed by atoms with van der Waals surface area (Å²) < 4.78 is 1.13. The molecule has 1 aromatic heterocycles. The lowest BCUT2D eigenvalue weighted by Crippen LogP contribution is -2.42. The fraction of sp³-hybridized carbons (Fsp3) is 0.500. The highest BCUT2D eigenvalue weighted by Gasteiger charge is 2.37. The van der Waals surface area contributed by atoms with E-state index >= 15 is 0 Å². The van der Waals surface area contributed by atoms with Gasteiger partial charge in [-0.3, -0.25) is 14.9 Å². The molecule has 0 saturated heterocycles. The number of carbonyl (C=O) groups is 2. The van der Waals surface area contributed by atoms with Gasteiger partial charge in [0, 0.05) is 0 Å². The normalized spacial score (nSPS) is 20.9. The van der Waals surface area contributed by atoms with Gasteiger partial charge in [0.05, 0.1) is 0 Å². The minimum atomic E-state index is -0.663. The fourth-order valence-electron chi connectivity index (χ4n) is 1.51. The van der Waals surface area contributed by atoms with E-state index in [1.807, 2.05) is 13.8 Å². The van der Waals surface area contributed by atoms with E-state index in [0.717, 1.165) is 4.68 Å². The summed E-state index contributed by atoms with van der Waals surface area (Å²) in [5.74, 6) is -1.11. The first kappa shape index (κ1) is 8.86. The lowest BCUT2D eigenvalue weighted by atomic mass is 9.93. The van der Waals surface area contributed by atoms with Crippen LogP contribution in [0.4, 0.5) is 5.95 Å². The van der Waals surface area contributed by atoms with Crippen molar-refractivity contribution >= 4 is 17.8 Å². The zero-order valence-electron chi connectivity index (χ0n) is 7.89. The first-order valence-corrected chi connectivity index (χ1v) is 4.36. The molecule has 74 valence electrons. The molecule has 1 aromatic rings. The van der Waals surface area contributed by atoms with Crippen molar-refractivity contribution in [3.8, 4) is 0 Å². The molecule has 0 aromatic carbocycles. The van der Waals surface area contributed by atoms with Crippen LogP contribution in [0.15, 0.2) is 6.33 Å². The molecule has 1 N–H and O–H groups in total. The number of amides is 1. The highest BCUT2D eigenvalue weighted by Crippen LogP contribution is 2.21. The van der Waals surface area contributed by atoms with Crippen molar-refractivity contribution in [3.63, 3.8) is 0 Å². The Morgan fingerprint density at radius 3 is 2.86 bits per heavy atom. The van der Waals surface area contributed by atoms with Crippen LogP contribution in [0.3, 0.4) is 0 Å². The van der Waals surface area contributed by atoms with E-state index in [9.17, 15) is 9.59 Å². The predicted octanol–water partition coefficient (Wildman–Crippen LogP) is 0.143. The molecule has 1 aliphatic rings. The number of nitrogens with zero attached hydrogens (tertiary/aromatic N) is 3. The molecule has 0 saturated carbocycles. The van der Waals surface area contributed by atoms with Gasteiger partial charge in [-0.15, -0.1) is 0 Å². The molecule has 1 aliphatic heterocycles. The van der Waals surface area contributed by atoms with Crippen LogP contribution in [0.2, 0.25) is 0 Å². The minimum Gasteiger partial charge on any atom is -0.294 e. The topological polar surface area (TPSA) is 76.9 Å². The van der Waals surface area contributed by atoms with Gasteiger partial charge in [-0.2, -0.15) is 14.8 Å². The van der Waals surface area contributed by atoms with Crippen molar-refractivity contribution in [2.45, 2.75) is 13.8 Å². The minimum absolute atomic E-state index is 0.0418. The number of hydrogen-bond acceptors (Lipinski definition) is 4. The van der Waals surface area contributed by atoms with Gasteiger partial charge in [0.25, 0.3) is 5.91 Å². The summed E-state index contributed by atoms with van der Waals surface area (Å²) in [7, 11) is 0. The molecular weight excluding hydrogens is 184 g/mol. The number of anilines is 1. The van der Waals surface area contributed by atoms with Gasteiger partial charge < -0.3 is 0 Å². The van der Waals surface area contributed by atoms with E-state index in [0.29, 0.717) is 0 Å². The van der Waals surface area contributed by atoms with Crippen molar-refractivity contribution in [2.24, 2.45) is 11.8 Å². The molecule has 0 bridgehead atoms. The summed E-state index contributed by atoms with van der Waals surface area (Å²) in [5, 5.41) is 6.28. The first-order chi connectivity index (χ1) is 6.61. The van der Waals surface area contributed by atoms with Crippen molar-refractivity contribution in [1.29, 1.82) is 0 Å². The monoisotopic (exact) mass is 194 g/mol. The van der Waals surface area contributed by atoms with Crippen molar-refractivity contribution in [3.05, 3.63) is 6.33 Å². The van der Waals surface area contributed by atoms with E-state index in [1.165, 1.54) is 6.33 Å². The second-order valence-corrected chi connectivity index (χ2v) is 3.54. The Balaban J connectivity index is 2.44. The number of fused-ring (bicyclic) bond motifs is 1. The summed E-state index contributed by atoms with van der Waals surface area (Å²) in [6, 6.07) is 0. The standard InChI is InChI=1S/C8H10N4O2/c1-4(2)5-6(13)11-8-9-3-10-12(8)7(5)14/h3-5H,1-2H3,(H,9,10,11,13). The van der Waals surface area contributed by atoms with E-state index in [-0.39, 0.29) is 23.7 Å². The van der Waals surface area contributed by atoms with Gasteiger partial charge in [-0.05, 0) is 5.92 Å². The van der Waals surface area contributed by atoms with Crippen LogP contribution >= 0.6 is 0 Å². The fourth-order valence-corrected chi connectivity index (χ4v) is 1.51. The maximum absolute atomic E-state index is 11.7. The van der Waals surface area contributed by atoms with Gasteiger partial charge in [0.2, 0.25) is 11.9 Å². The predicted molar refractivity (Wildman–Crippen MR) is 47.6 cm³/mol. The van der Waals surface area contributed by atoms with E-state index in [4.69, 9.17) is 0 Å². The summed E-state index contributed by atoms with van der Waals surface area (Å²) >= 11 is 0. The lowest BCUT2D eigenvalue weighted by molar-refractivity contribution is -0.120. The SMILES string of the molecule is CC(C)C1C(=O)Nc2ncnn2C1=O. The molecule has 6 heteroatoms. The van der Waals surface area contributed by atoms with Crippen LogP contribution in [0, 0.1) is 11.8 Å². The second kappa shape index (κ2) is 2.90. The lowest BCUT2D eigenvalue weighted by Gasteiger charge is -2.22. The molecule has 2 rings (SSSR count). The van der Waals surface area contributed by atoms with E-state index in [2.05, 4.69) is 15.4 Å². The Hall–Kier alpha value is -1.72. The molecule has 1 atom stereocenters. The Labute approximate surface area is 80.3 Å². The molecule has 1 amide bonds. The molecule has 0 radical (unpaired) electrons. The van der Waals surface area contributed by atoms with Crippen LogP contribution in [0.5, 0.6) is 0 Å². The number of aromatic nitrogens is 3. The van der Waals surface area contributed by atoms with Crippen LogP contribution in [-0.2, 0) is 4.79 Å². The quantitative estimate of drug-likeness (QED) is 0.645. The van der Waals surface area contributed by atoms with Gasteiger partial charge >= 0.3 is 0 Å². The highest BCUT2D eigenvalue weighted by atomic mass is 16.2. The Kier molecular flexibility index (Phi) is 1.83. The van der Waals surface area contributed by atoms with Crippen LogP contribution in [-0.4, -0.2) is 26.6 Å². The van der Waals surface area contributed by atoms with Gasteiger partial charge in [0.1, 0.15) is 12.2 Å². The maximum atomic E-state index is 11.7. The molecule has 2 heterocycles. The Bertz CT molecular complexity index is 396. The van der Waals surface area contributed by atoms with Crippen LogP contribution in [0.25, 0.3) is 0 Å². The smallest absolute Gasteiger partial charge is 0.262 e. The molecule has 14 heavy (non-hydrogen) atoms. The summed E-state index contributed by atoms with van der Waals surface area (Å²) in [4.78, 5) is 27.0. The number of carbonyl (C=O) groups excluding carboxylic acids is 2. The van der Waals surface area contributed by atoms with Gasteiger partial charge in [0.15, 0.2) is 0 Å². The molecule has 0 fully saturated rings. The zero-order chi connectivity index (χ0) is 10.3. The summed E-state index contributed by atoms with van der Waals surface area (Å²) in [6.07, 6.45) is 1.25. The average Bonchev–Trinajstić information content (AvgIpc) is 2.50. The molecule has 0 aliphatic carbocycles. The first-order valence-electron chi connectivity index (χ1n) is 4.36. The maximum Gasteiger partial charge on any atom is 0.262 e. The third-order valence-electron chi connectivity index (χ3n) is 2.21. The summed E-state index contributed by atoms with van der Waals surface area (Å²) in [6.45, 7) is 3.65. The number of nitrogens with one attached hydrogen (secondary N) is 1. The van der Waals surface area contributed by atoms with Crippen LogP contribution in [0.1, 0.15) is 18.6 Å². The molecule has 6 nitrogen and oxygen atoms in total. The van der Waals surface area contributed by atoms with Crippen molar-refractivity contribution in [1.82, 2.24) is 14.8 Å². The third kappa shape index (κ3) is 1.11. The molecule has 0 spiro atoms. The molecule has 1 unspecified atom stereocenters. The highest BCUT2D eigenvalue weighted by molar-refractivity contribution is 6.10. The van der Waals surface area contributed by atoms with Crippen LogP contribution < -0.4 is 5.32 Å². The van der Waals surface area contributed by atoms with Crippen molar-refractivity contribution in [2.75, 3.05) is 5.32 Å². The van der Waals surface area contributed by atoms with E-state index < -0.39 is 5.92 Å². The average molecular weight is 194 g/mol. The Morgan fingerprint density at radius 2 is 2.21 bits per heavy atom. The number of hydrogen-bond donors (Lipinski definition) is 1. The van der Waals surface area contributed by atoms with E-state index in [1.54, 1.807) is 0 Å². The molecular formula is C8H10N4O2. The Morgan fingerprint density at radius 1 is 1.50 bits per heavy atom. The third-order valence-corrected chi connectivity index (χ3v) is 2.21.